The predicted octanol–water partition coefficient (Wildman–Crippen LogP) is 3.62. The summed E-state index contributed by atoms with van der Waals surface area (Å²) in [5.74, 6) is 0.0472. The second kappa shape index (κ2) is 3.80. The zero-order valence-corrected chi connectivity index (χ0v) is 12.8. The van der Waals surface area contributed by atoms with Gasteiger partial charge in [0, 0.05) is 5.41 Å². The van der Waals surface area contributed by atoms with Crippen LogP contribution in [0, 0.1) is 16.7 Å². The zero-order chi connectivity index (χ0) is 15.8. The molecule has 2 atom stereocenters. The standard InChI is InChI=1S/C13H19F3O3S/c1-8-10(2,3)9-6-7-12(8,11(9,4)5)19-20(17,18)13(14,15)16/h9H,1,6-7H2,2-5H3. The average molecular weight is 312 g/mol. The van der Waals surface area contributed by atoms with Gasteiger partial charge in [-0.2, -0.15) is 21.6 Å². The molecule has 2 unspecified atom stereocenters. The maximum absolute atomic E-state index is 12.6. The summed E-state index contributed by atoms with van der Waals surface area (Å²) in [6.07, 6.45) is 0.884. The minimum absolute atomic E-state index is 0.0472. The Morgan fingerprint density at radius 1 is 1.25 bits per heavy atom. The van der Waals surface area contributed by atoms with Crippen molar-refractivity contribution < 1.29 is 25.8 Å². The first-order valence-corrected chi connectivity index (χ1v) is 7.83. The molecule has 0 heterocycles. The number of alkyl halides is 3. The SMILES string of the molecule is C=C1C(C)(C)C2CCC1(OS(=O)(=O)C(F)(F)F)C2(C)C. The molecule has 0 spiro atoms. The molecule has 2 fully saturated rings. The molecule has 3 nitrogen and oxygen atoms in total. The van der Waals surface area contributed by atoms with Crippen LogP contribution in [-0.4, -0.2) is 19.5 Å². The third kappa shape index (κ3) is 1.65. The van der Waals surface area contributed by atoms with Crippen LogP contribution in [-0.2, 0) is 14.3 Å². The van der Waals surface area contributed by atoms with Gasteiger partial charge >= 0.3 is 15.6 Å². The van der Waals surface area contributed by atoms with Gasteiger partial charge < -0.3 is 0 Å². The van der Waals surface area contributed by atoms with Crippen molar-refractivity contribution >= 4 is 10.1 Å². The van der Waals surface area contributed by atoms with Crippen LogP contribution in [0.2, 0.25) is 0 Å². The number of rotatable bonds is 2. The highest BCUT2D eigenvalue weighted by Crippen LogP contribution is 2.71. The molecular weight excluding hydrogens is 293 g/mol. The minimum atomic E-state index is -5.64. The molecular formula is C13H19F3O3S. The van der Waals surface area contributed by atoms with E-state index in [0.29, 0.717) is 12.0 Å². The van der Waals surface area contributed by atoms with E-state index in [4.69, 9.17) is 4.18 Å². The highest BCUT2D eigenvalue weighted by molar-refractivity contribution is 7.87. The van der Waals surface area contributed by atoms with E-state index in [9.17, 15) is 21.6 Å². The third-order valence-corrected chi connectivity index (χ3v) is 6.44. The molecule has 2 rings (SSSR count). The quantitative estimate of drug-likeness (QED) is 0.444. The molecule has 116 valence electrons. The Bertz CT molecular complexity index is 560. The summed E-state index contributed by atoms with van der Waals surface area (Å²) in [7, 11) is -5.64. The summed E-state index contributed by atoms with van der Waals surface area (Å²) in [6.45, 7) is 11.2. The van der Waals surface area contributed by atoms with Gasteiger partial charge in [0.15, 0.2) is 0 Å². The topological polar surface area (TPSA) is 43.4 Å². The molecule has 7 heteroatoms. The van der Waals surface area contributed by atoms with E-state index in [1.54, 1.807) is 13.8 Å². The van der Waals surface area contributed by atoms with E-state index in [1.807, 2.05) is 13.8 Å². The molecule has 2 bridgehead atoms. The molecule has 0 aliphatic heterocycles. The Balaban J connectivity index is 2.53. The number of hydrogen-bond donors (Lipinski definition) is 0. The van der Waals surface area contributed by atoms with Crippen molar-refractivity contribution in [2.45, 2.75) is 51.6 Å². The lowest BCUT2D eigenvalue weighted by Crippen LogP contribution is -2.46. The fourth-order valence-electron chi connectivity index (χ4n) is 4.28. The summed E-state index contributed by atoms with van der Waals surface area (Å²) in [6, 6.07) is 0. The summed E-state index contributed by atoms with van der Waals surface area (Å²) < 4.78 is 65.6. The second-order valence-corrected chi connectivity index (χ2v) is 8.36. The van der Waals surface area contributed by atoms with Crippen LogP contribution in [0.15, 0.2) is 12.2 Å². The largest absolute Gasteiger partial charge is 0.523 e. The van der Waals surface area contributed by atoms with Crippen molar-refractivity contribution in [2.75, 3.05) is 0 Å². The van der Waals surface area contributed by atoms with E-state index in [2.05, 4.69) is 6.58 Å². The minimum Gasteiger partial charge on any atom is -0.251 e. The Morgan fingerprint density at radius 3 is 2.10 bits per heavy atom. The monoisotopic (exact) mass is 312 g/mol. The van der Waals surface area contributed by atoms with E-state index in [1.165, 1.54) is 0 Å². The molecule has 0 aromatic rings. The normalized spacial score (nSPS) is 35.5. The van der Waals surface area contributed by atoms with E-state index >= 15 is 0 Å². The first-order valence-electron chi connectivity index (χ1n) is 6.42. The molecule has 2 aliphatic carbocycles. The number of hydrogen-bond acceptors (Lipinski definition) is 3. The number of fused-ring (bicyclic) bond motifs is 2. The fourth-order valence-corrected chi connectivity index (χ4v) is 5.15. The fraction of sp³-hybridized carbons (Fsp3) is 0.846. The van der Waals surface area contributed by atoms with Crippen molar-refractivity contribution in [3.8, 4) is 0 Å². The lowest BCUT2D eigenvalue weighted by atomic mass is 9.71. The maximum atomic E-state index is 12.6. The van der Waals surface area contributed by atoms with Gasteiger partial charge in [0.05, 0.1) is 0 Å². The Morgan fingerprint density at radius 2 is 1.75 bits per heavy atom. The van der Waals surface area contributed by atoms with Crippen molar-refractivity contribution in [1.29, 1.82) is 0 Å². The molecule has 2 aliphatic rings. The van der Waals surface area contributed by atoms with Gasteiger partial charge in [0.2, 0.25) is 0 Å². The smallest absolute Gasteiger partial charge is 0.251 e. The molecule has 0 aromatic carbocycles. The summed E-state index contributed by atoms with van der Waals surface area (Å²) in [5, 5.41) is 0. The summed E-state index contributed by atoms with van der Waals surface area (Å²) in [5.41, 5.74) is -7.58. The van der Waals surface area contributed by atoms with Crippen molar-refractivity contribution in [3.63, 3.8) is 0 Å². The Kier molecular flexibility index (Phi) is 3.00. The van der Waals surface area contributed by atoms with Crippen LogP contribution in [0.5, 0.6) is 0 Å². The molecule has 0 radical (unpaired) electrons. The summed E-state index contributed by atoms with van der Waals surface area (Å²) in [4.78, 5) is 0. The van der Waals surface area contributed by atoms with Crippen molar-refractivity contribution in [2.24, 2.45) is 16.7 Å². The van der Waals surface area contributed by atoms with E-state index < -0.39 is 32.1 Å². The molecule has 20 heavy (non-hydrogen) atoms. The van der Waals surface area contributed by atoms with Gasteiger partial charge in [-0.3, -0.25) is 4.18 Å². The van der Waals surface area contributed by atoms with E-state index in [-0.39, 0.29) is 12.3 Å². The molecule has 0 N–H and O–H groups in total. The molecule has 0 amide bonds. The van der Waals surface area contributed by atoms with Crippen LogP contribution in [0.3, 0.4) is 0 Å². The van der Waals surface area contributed by atoms with Gasteiger partial charge in [-0.15, -0.1) is 0 Å². The predicted molar refractivity (Wildman–Crippen MR) is 68.2 cm³/mol. The Hall–Kier alpha value is -0.560. The van der Waals surface area contributed by atoms with Gasteiger partial charge in [0.25, 0.3) is 0 Å². The molecule has 0 aromatic heterocycles. The Labute approximate surface area is 117 Å². The van der Waals surface area contributed by atoms with Crippen LogP contribution < -0.4 is 0 Å². The number of halogens is 3. The lowest BCUT2D eigenvalue weighted by Gasteiger charge is -2.38. The van der Waals surface area contributed by atoms with Gasteiger partial charge in [-0.05, 0) is 29.7 Å². The van der Waals surface area contributed by atoms with Crippen LogP contribution >= 0.6 is 0 Å². The zero-order valence-electron chi connectivity index (χ0n) is 12.0. The third-order valence-electron chi connectivity index (χ3n) is 5.37. The lowest BCUT2D eigenvalue weighted by molar-refractivity contribution is -0.0697. The highest BCUT2D eigenvalue weighted by atomic mass is 32.2. The van der Waals surface area contributed by atoms with E-state index in [0.717, 1.165) is 0 Å². The van der Waals surface area contributed by atoms with Crippen molar-refractivity contribution in [3.05, 3.63) is 12.2 Å². The second-order valence-electron chi connectivity index (χ2n) is 6.82. The first-order chi connectivity index (χ1) is 8.70. The van der Waals surface area contributed by atoms with Gasteiger partial charge in [-0.25, -0.2) is 0 Å². The van der Waals surface area contributed by atoms with Crippen molar-refractivity contribution in [1.82, 2.24) is 0 Å². The average Bonchev–Trinajstić information content (AvgIpc) is 2.51. The molecule has 0 saturated heterocycles. The van der Waals surface area contributed by atoms with Gasteiger partial charge in [-0.1, -0.05) is 34.3 Å². The van der Waals surface area contributed by atoms with Crippen LogP contribution in [0.1, 0.15) is 40.5 Å². The first kappa shape index (κ1) is 15.8. The van der Waals surface area contributed by atoms with Gasteiger partial charge in [0.1, 0.15) is 5.60 Å². The van der Waals surface area contributed by atoms with Crippen LogP contribution in [0.25, 0.3) is 0 Å². The maximum Gasteiger partial charge on any atom is 0.523 e. The summed E-state index contributed by atoms with van der Waals surface area (Å²) >= 11 is 0. The molecule has 2 saturated carbocycles. The highest BCUT2D eigenvalue weighted by Gasteiger charge is 2.72. The van der Waals surface area contributed by atoms with Crippen LogP contribution in [0.4, 0.5) is 13.2 Å².